The van der Waals surface area contributed by atoms with Crippen LogP contribution < -0.4 is 10.6 Å². The summed E-state index contributed by atoms with van der Waals surface area (Å²) in [6.07, 6.45) is 5.08. The van der Waals surface area contributed by atoms with Crippen molar-refractivity contribution in [1.29, 1.82) is 0 Å². The van der Waals surface area contributed by atoms with Crippen molar-refractivity contribution in [3.05, 3.63) is 59.2 Å². The van der Waals surface area contributed by atoms with Crippen LogP contribution in [0.3, 0.4) is 0 Å². The molecule has 1 aromatic carbocycles. The molecule has 0 bridgehead atoms. The van der Waals surface area contributed by atoms with Crippen molar-refractivity contribution in [3.8, 4) is 0 Å². The summed E-state index contributed by atoms with van der Waals surface area (Å²) in [6.45, 7) is 1.38. The van der Waals surface area contributed by atoms with Crippen LogP contribution in [0.15, 0.2) is 53.7 Å². The molecule has 1 aliphatic rings. The van der Waals surface area contributed by atoms with Crippen LogP contribution >= 0.6 is 11.3 Å². The van der Waals surface area contributed by atoms with Crippen molar-refractivity contribution in [2.24, 2.45) is 0 Å². The Kier molecular flexibility index (Phi) is 6.14. The summed E-state index contributed by atoms with van der Waals surface area (Å²) in [6, 6.07) is 10.8. The molecule has 0 saturated carbocycles. The van der Waals surface area contributed by atoms with Crippen LogP contribution in [-0.2, 0) is 16.6 Å². The minimum Gasteiger partial charge on any atom is -0.347 e. The molecule has 9 heteroatoms. The number of sulfonamides is 1. The van der Waals surface area contributed by atoms with Gasteiger partial charge in [0.1, 0.15) is 0 Å². The number of hydrogen-bond acceptors (Lipinski definition) is 6. The van der Waals surface area contributed by atoms with Crippen LogP contribution in [0.1, 0.15) is 28.1 Å². The van der Waals surface area contributed by atoms with Gasteiger partial charge < -0.3 is 10.6 Å². The number of carbonyl (C=O) groups is 1. The lowest BCUT2D eigenvalue weighted by atomic mass is 10.1. The van der Waals surface area contributed by atoms with E-state index < -0.39 is 10.0 Å². The lowest BCUT2D eigenvalue weighted by Crippen LogP contribution is -2.43. The lowest BCUT2D eigenvalue weighted by Gasteiger charge is -2.31. The molecule has 2 N–H and O–H groups in total. The van der Waals surface area contributed by atoms with Crippen molar-refractivity contribution in [3.63, 3.8) is 0 Å². The Morgan fingerprint density at radius 2 is 1.93 bits per heavy atom. The highest BCUT2D eigenvalue weighted by Crippen LogP contribution is 2.24. The first-order chi connectivity index (χ1) is 14.5. The standard InChI is InChI=1S/C21H24N4O3S2/c1-22-17-7-10-25(11-8-17)30(27,28)18-4-2-15(3-5-18)13-24-21(26)19-12-16-6-9-23-14-20(16)29-19/h2-6,9,12,14,17,22H,7-8,10-11,13H2,1H3,(H,24,26). The van der Waals surface area contributed by atoms with Gasteiger partial charge in [-0.1, -0.05) is 12.1 Å². The monoisotopic (exact) mass is 444 g/mol. The molecule has 3 heterocycles. The van der Waals surface area contributed by atoms with E-state index in [2.05, 4.69) is 15.6 Å². The van der Waals surface area contributed by atoms with E-state index in [-0.39, 0.29) is 10.8 Å². The molecule has 1 fully saturated rings. The normalized spacial score (nSPS) is 16.0. The number of pyridine rings is 1. The Hall–Kier alpha value is -2.33. The second-order valence-corrected chi connectivity index (χ2v) is 10.3. The molecule has 1 saturated heterocycles. The summed E-state index contributed by atoms with van der Waals surface area (Å²) in [5.74, 6) is -0.152. The maximum atomic E-state index is 12.9. The highest BCUT2D eigenvalue weighted by Gasteiger charge is 2.28. The Morgan fingerprint density at radius 3 is 2.60 bits per heavy atom. The van der Waals surface area contributed by atoms with Gasteiger partial charge in [-0.3, -0.25) is 9.78 Å². The topological polar surface area (TPSA) is 91.4 Å². The maximum absolute atomic E-state index is 12.9. The predicted molar refractivity (Wildman–Crippen MR) is 118 cm³/mol. The van der Waals surface area contributed by atoms with E-state index in [1.54, 1.807) is 41.0 Å². The first-order valence-corrected chi connectivity index (χ1v) is 12.1. The van der Waals surface area contributed by atoms with Gasteiger partial charge in [0, 0.05) is 38.1 Å². The first-order valence-electron chi connectivity index (χ1n) is 9.85. The van der Waals surface area contributed by atoms with E-state index in [4.69, 9.17) is 0 Å². The smallest absolute Gasteiger partial charge is 0.261 e. The summed E-state index contributed by atoms with van der Waals surface area (Å²) < 4.78 is 28.2. The first kappa shape index (κ1) is 20.9. The van der Waals surface area contributed by atoms with E-state index in [0.29, 0.717) is 30.6 Å². The van der Waals surface area contributed by atoms with Gasteiger partial charge >= 0.3 is 0 Å². The highest BCUT2D eigenvalue weighted by molar-refractivity contribution is 7.89. The van der Waals surface area contributed by atoms with Gasteiger partial charge in [0.2, 0.25) is 10.0 Å². The van der Waals surface area contributed by atoms with Crippen molar-refractivity contribution in [2.45, 2.75) is 30.3 Å². The number of piperidine rings is 1. The fraction of sp³-hybridized carbons (Fsp3) is 0.333. The molecule has 0 atom stereocenters. The molecule has 4 rings (SSSR count). The SMILES string of the molecule is CNC1CCN(S(=O)(=O)c2ccc(CNC(=O)c3cc4ccncc4s3)cc2)CC1. The summed E-state index contributed by atoms with van der Waals surface area (Å²) in [5.41, 5.74) is 0.846. The van der Waals surface area contributed by atoms with Crippen molar-refractivity contribution < 1.29 is 13.2 Å². The number of aromatic nitrogens is 1. The number of amides is 1. The Bertz CT molecular complexity index is 1100. The van der Waals surface area contributed by atoms with Gasteiger partial charge in [-0.25, -0.2) is 8.42 Å². The zero-order valence-corrected chi connectivity index (χ0v) is 18.3. The third-order valence-electron chi connectivity index (χ3n) is 5.42. The van der Waals surface area contributed by atoms with E-state index in [1.165, 1.54) is 11.3 Å². The van der Waals surface area contributed by atoms with Crippen LogP contribution in [0.25, 0.3) is 10.1 Å². The average Bonchev–Trinajstić information content (AvgIpc) is 3.22. The third-order valence-corrected chi connectivity index (χ3v) is 8.42. The van der Waals surface area contributed by atoms with Crippen LogP contribution in [0, 0.1) is 0 Å². The van der Waals surface area contributed by atoms with Gasteiger partial charge in [-0.15, -0.1) is 11.3 Å². The summed E-state index contributed by atoms with van der Waals surface area (Å²) in [5, 5.41) is 7.09. The molecule has 1 amide bonds. The molecular formula is C21H24N4O3S2. The second-order valence-electron chi connectivity index (χ2n) is 7.32. The quantitative estimate of drug-likeness (QED) is 0.610. The zero-order valence-electron chi connectivity index (χ0n) is 16.7. The van der Waals surface area contributed by atoms with Crippen molar-refractivity contribution in [2.75, 3.05) is 20.1 Å². The van der Waals surface area contributed by atoms with Gasteiger partial charge in [-0.2, -0.15) is 4.31 Å². The number of carbonyl (C=O) groups excluding carboxylic acids is 1. The fourth-order valence-electron chi connectivity index (χ4n) is 3.58. The minimum atomic E-state index is -3.49. The highest BCUT2D eigenvalue weighted by atomic mass is 32.2. The van der Waals surface area contributed by atoms with Crippen LogP contribution in [0.4, 0.5) is 0 Å². The molecule has 0 aliphatic carbocycles. The molecular weight excluding hydrogens is 420 g/mol. The largest absolute Gasteiger partial charge is 0.347 e. The van der Waals surface area contributed by atoms with Gasteiger partial charge in [0.05, 0.1) is 14.5 Å². The Balaban J connectivity index is 1.38. The molecule has 3 aromatic rings. The van der Waals surface area contributed by atoms with Crippen molar-refractivity contribution >= 4 is 37.4 Å². The summed E-state index contributed by atoms with van der Waals surface area (Å²) in [4.78, 5) is 17.4. The molecule has 1 aliphatic heterocycles. The number of rotatable bonds is 6. The van der Waals surface area contributed by atoms with E-state index in [0.717, 1.165) is 28.5 Å². The zero-order chi connectivity index (χ0) is 21.1. The van der Waals surface area contributed by atoms with E-state index >= 15 is 0 Å². The fourth-order valence-corrected chi connectivity index (χ4v) is 5.99. The van der Waals surface area contributed by atoms with Gasteiger partial charge in [0.25, 0.3) is 5.91 Å². The molecule has 0 radical (unpaired) electrons. The third kappa shape index (κ3) is 4.39. The van der Waals surface area contributed by atoms with E-state index in [9.17, 15) is 13.2 Å². The maximum Gasteiger partial charge on any atom is 0.261 e. The Labute approximate surface area is 180 Å². The predicted octanol–water partition coefficient (Wildman–Crippen LogP) is 2.60. The summed E-state index contributed by atoms with van der Waals surface area (Å²) in [7, 11) is -1.58. The van der Waals surface area contributed by atoms with Crippen LogP contribution in [0.2, 0.25) is 0 Å². The minimum absolute atomic E-state index is 0.152. The van der Waals surface area contributed by atoms with Crippen LogP contribution in [-0.4, -0.2) is 49.8 Å². The van der Waals surface area contributed by atoms with Gasteiger partial charge in [-0.05, 0) is 55.1 Å². The molecule has 7 nitrogen and oxygen atoms in total. The average molecular weight is 445 g/mol. The lowest BCUT2D eigenvalue weighted by molar-refractivity contribution is 0.0955. The molecule has 0 spiro atoms. The molecule has 0 unspecified atom stereocenters. The number of thiophene rings is 1. The summed E-state index contributed by atoms with van der Waals surface area (Å²) >= 11 is 1.40. The number of nitrogens with one attached hydrogen (secondary N) is 2. The van der Waals surface area contributed by atoms with Crippen LogP contribution in [0.5, 0.6) is 0 Å². The van der Waals surface area contributed by atoms with E-state index in [1.807, 2.05) is 19.2 Å². The van der Waals surface area contributed by atoms with Crippen molar-refractivity contribution in [1.82, 2.24) is 19.9 Å². The molecule has 2 aromatic heterocycles. The number of nitrogens with zero attached hydrogens (tertiary/aromatic N) is 2. The second kappa shape index (κ2) is 8.81. The number of fused-ring (bicyclic) bond motifs is 1. The molecule has 158 valence electrons. The number of benzene rings is 1. The van der Waals surface area contributed by atoms with Gasteiger partial charge in [0.15, 0.2) is 0 Å². The number of hydrogen-bond donors (Lipinski definition) is 2. The molecule has 30 heavy (non-hydrogen) atoms. The Morgan fingerprint density at radius 1 is 1.20 bits per heavy atom.